The summed E-state index contributed by atoms with van der Waals surface area (Å²) in [5.41, 5.74) is 2.11. The predicted molar refractivity (Wildman–Crippen MR) is 128 cm³/mol. The van der Waals surface area contributed by atoms with Crippen LogP contribution >= 0.6 is 11.6 Å². The third-order valence-corrected chi connectivity index (χ3v) is 6.28. The summed E-state index contributed by atoms with van der Waals surface area (Å²) in [7, 11) is 1.50. The number of carbonyl (C=O) groups excluding carboxylic acids is 2. The number of anilines is 2. The first kappa shape index (κ1) is 21.9. The summed E-state index contributed by atoms with van der Waals surface area (Å²) in [6.07, 6.45) is 3.69. The van der Waals surface area contributed by atoms with Crippen molar-refractivity contribution in [2.75, 3.05) is 17.7 Å². The van der Waals surface area contributed by atoms with E-state index in [4.69, 9.17) is 16.3 Å². The van der Waals surface area contributed by atoms with Gasteiger partial charge in [0.25, 0.3) is 5.91 Å². The molecule has 0 bridgehead atoms. The highest BCUT2D eigenvalue weighted by molar-refractivity contribution is 6.30. The Morgan fingerprint density at radius 1 is 0.875 bits per heavy atom. The van der Waals surface area contributed by atoms with Crippen LogP contribution in [0.5, 0.6) is 5.75 Å². The molecule has 0 spiro atoms. The van der Waals surface area contributed by atoms with Crippen molar-refractivity contribution >= 4 is 34.8 Å². The lowest BCUT2D eigenvalue weighted by molar-refractivity contribution is -0.121. The van der Waals surface area contributed by atoms with E-state index in [2.05, 4.69) is 10.6 Å². The fourth-order valence-electron chi connectivity index (χ4n) is 4.32. The lowest BCUT2D eigenvalue weighted by atomic mass is 9.78. The van der Waals surface area contributed by atoms with Crippen molar-refractivity contribution in [3.63, 3.8) is 0 Å². The van der Waals surface area contributed by atoms with Crippen molar-refractivity contribution in [3.8, 4) is 5.75 Å². The maximum atomic E-state index is 13.4. The normalized spacial score (nSPS) is 14.6. The number of carbonyl (C=O) groups is 2. The minimum absolute atomic E-state index is 0.0263. The number of benzene rings is 3. The standard InChI is InChI=1S/C26H25ClN2O3/c1-32-23-17-21(13-14-22(23)24(30)28-20-11-9-19(27)10-12-20)29-25(31)26(15-5-6-16-26)18-7-3-2-4-8-18/h2-4,7-14,17H,5-6,15-16H2,1H3,(H,28,30)(H,29,31). The van der Waals surface area contributed by atoms with E-state index in [0.29, 0.717) is 27.7 Å². The summed E-state index contributed by atoms with van der Waals surface area (Å²) in [5.74, 6) is 0.0506. The first-order valence-electron chi connectivity index (χ1n) is 10.6. The Bertz CT molecular complexity index is 1110. The van der Waals surface area contributed by atoms with E-state index < -0.39 is 5.41 Å². The van der Waals surface area contributed by atoms with Crippen molar-refractivity contribution in [3.05, 3.63) is 88.9 Å². The van der Waals surface area contributed by atoms with Gasteiger partial charge in [-0.3, -0.25) is 9.59 Å². The fourth-order valence-corrected chi connectivity index (χ4v) is 4.45. The molecule has 1 saturated carbocycles. The highest BCUT2D eigenvalue weighted by atomic mass is 35.5. The van der Waals surface area contributed by atoms with Gasteiger partial charge in [0.15, 0.2) is 0 Å². The van der Waals surface area contributed by atoms with Gasteiger partial charge in [0.1, 0.15) is 5.75 Å². The highest BCUT2D eigenvalue weighted by Gasteiger charge is 2.42. The molecule has 2 N–H and O–H groups in total. The Morgan fingerprint density at radius 2 is 1.53 bits per heavy atom. The zero-order chi connectivity index (χ0) is 22.6. The van der Waals surface area contributed by atoms with E-state index in [0.717, 1.165) is 31.2 Å². The Balaban J connectivity index is 1.54. The number of ether oxygens (including phenoxy) is 1. The second-order valence-corrected chi connectivity index (χ2v) is 8.42. The van der Waals surface area contributed by atoms with E-state index in [1.165, 1.54) is 7.11 Å². The molecule has 5 nitrogen and oxygen atoms in total. The summed E-state index contributed by atoms with van der Waals surface area (Å²) in [4.78, 5) is 26.1. The highest BCUT2D eigenvalue weighted by Crippen LogP contribution is 2.42. The minimum Gasteiger partial charge on any atom is -0.496 e. The molecule has 6 heteroatoms. The molecule has 0 saturated heterocycles. The fraction of sp³-hybridized carbons (Fsp3) is 0.231. The van der Waals surface area contributed by atoms with Gasteiger partial charge < -0.3 is 15.4 Å². The average Bonchev–Trinajstić information content (AvgIpc) is 3.32. The van der Waals surface area contributed by atoms with Crippen molar-refractivity contribution < 1.29 is 14.3 Å². The third-order valence-electron chi connectivity index (χ3n) is 6.02. The summed E-state index contributed by atoms with van der Waals surface area (Å²) < 4.78 is 5.45. The van der Waals surface area contributed by atoms with E-state index in [-0.39, 0.29) is 11.8 Å². The monoisotopic (exact) mass is 448 g/mol. The van der Waals surface area contributed by atoms with E-state index in [9.17, 15) is 9.59 Å². The van der Waals surface area contributed by atoms with Gasteiger partial charge in [-0.2, -0.15) is 0 Å². The lowest BCUT2D eigenvalue weighted by Crippen LogP contribution is -2.38. The number of rotatable bonds is 6. The number of hydrogen-bond donors (Lipinski definition) is 2. The van der Waals surface area contributed by atoms with Crippen molar-refractivity contribution in [2.24, 2.45) is 0 Å². The minimum atomic E-state index is -0.529. The van der Waals surface area contributed by atoms with Gasteiger partial charge in [0, 0.05) is 22.5 Å². The molecule has 0 aliphatic heterocycles. The molecule has 32 heavy (non-hydrogen) atoms. The van der Waals surface area contributed by atoms with Crippen LogP contribution in [0.3, 0.4) is 0 Å². The summed E-state index contributed by atoms with van der Waals surface area (Å²) in [6, 6.07) is 21.9. The lowest BCUT2D eigenvalue weighted by Gasteiger charge is -2.28. The zero-order valence-electron chi connectivity index (χ0n) is 17.9. The van der Waals surface area contributed by atoms with Crippen LogP contribution in [-0.2, 0) is 10.2 Å². The molecule has 0 radical (unpaired) electrons. The summed E-state index contributed by atoms with van der Waals surface area (Å²) in [5, 5.41) is 6.48. The second kappa shape index (κ2) is 9.45. The zero-order valence-corrected chi connectivity index (χ0v) is 18.6. The van der Waals surface area contributed by atoms with Crippen molar-refractivity contribution in [1.82, 2.24) is 0 Å². The van der Waals surface area contributed by atoms with Crippen LogP contribution in [-0.4, -0.2) is 18.9 Å². The predicted octanol–water partition coefficient (Wildman–Crippen LogP) is 6.05. The van der Waals surface area contributed by atoms with Crippen LogP contribution in [0, 0.1) is 0 Å². The number of halogens is 1. The SMILES string of the molecule is COc1cc(NC(=O)C2(c3ccccc3)CCCC2)ccc1C(=O)Nc1ccc(Cl)cc1. The molecule has 4 rings (SSSR count). The number of amides is 2. The molecule has 3 aromatic rings. The maximum absolute atomic E-state index is 13.4. The number of hydrogen-bond acceptors (Lipinski definition) is 3. The van der Waals surface area contributed by atoms with Gasteiger partial charge in [0.2, 0.25) is 5.91 Å². The van der Waals surface area contributed by atoms with Gasteiger partial charge in [-0.15, -0.1) is 0 Å². The van der Waals surface area contributed by atoms with Crippen LogP contribution in [0.2, 0.25) is 5.02 Å². The molecule has 164 valence electrons. The molecular weight excluding hydrogens is 424 g/mol. The Morgan fingerprint density at radius 3 is 2.19 bits per heavy atom. The van der Waals surface area contributed by atoms with E-state index in [1.807, 2.05) is 30.3 Å². The Hall–Kier alpha value is -3.31. The molecule has 1 aliphatic carbocycles. The van der Waals surface area contributed by atoms with Crippen LogP contribution < -0.4 is 15.4 Å². The molecule has 3 aromatic carbocycles. The molecule has 1 fully saturated rings. The summed E-state index contributed by atoms with van der Waals surface area (Å²) in [6.45, 7) is 0. The van der Waals surface area contributed by atoms with Crippen LogP contribution in [0.15, 0.2) is 72.8 Å². The van der Waals surface area contributed by atoms with Crippen molar-refractivity contribution in [2.45, 2.75) is 31.1 Å². The van der Waals surface area contributed by atoms with Gasteiger partial charge in [-0.25, -0.2) is 0 Å². The second-order valence-electron chi connectivity index (χ2n) is 7.99. The van der Waals surface area contributed by atoms with E-state index in [1.54, 1.807) is 42.5 Å². The molecular formula is C26H25ClN2O3. The van der Waals surface area contributed by atoms with Crippen molar-refractivity contribution in [1.29, 1.82) is 0 Å². The number of methoxy groups -OCH3 is 1. The smallest absolute Gasteiger partial charge is 0.259 e. The molecule has 2 amide bonds. The first-order valence-corrected chi connectivity index (χ1v) is 11.0. The summed E-state index contributed by atoms with van der Waals surface area (Å²) >= 11 is 5.90. The largest absolute Gasteiger partial charge is 0.496 e. The average molecular weight is 449 g/mol. The first-order chi connectivity index (χ1) is 15.5. The Labute approximate surface area is 192 Å². The van der Waals surface area contributed by atoms with Crippen LogP contribution in [0.1, 0.15) is 41.6 Å². The molecule has 0 unspecified atom stereocenters. The molecule has 0 atom stereocenters. The maximum Gasteiger partial charge on any atom is 0.259 e. The quantitative estimate of drug-likeness (QED) is 0.482. The topological polar surface area (TPSA) is 67.4 Å². The van der Waals surface area contributed by atoms with Gasteiger partial charge in [0.05, 0.1) is 18.1 Å². The molecule has 1 aliphatic rings. The van der Waals surface area contributed by atoms with Gasteiger partial charge in [-0.1, -0.05) is 54.8 Å². The van der Waals surface area contributed by atoms with Gasteiger partial charge >= 0.3 is 0 Å². The van der Waals surface area contributed by atoms with Gasteiger partial charge in [-0.05, 0) is 54.8 Å². The van der Waals surface area contributed by atoms with Crippen LogP contribution in [0.25, 0.3) is 0 Å². The van der Waals surface area contributed by atoms with Crippen LogP contribution in [0.4, 0.5) is 11.4 Å². The Kier molecular flexibility index (Phi) is 6.47. The third kappa shape index (κ3) is 4.48. The number of nitrogens with one attached hydrogen (secondary N) is 2. The molecule has 0 heterocycles. The molecule has 0 aromatic heterocycles. The van der Waals surface area contributed by atoms with E-state index >= 15 is 0 Å².